The molecule has 504 valence electrons. The highest BCUT2D eigenvalue weighted by atomic mass is 16.5. The van der Waals surface area contributed by atoms with Crippen LogP contribution >= 0.6 is 0 Å². The van der Waals surface area contributed by atoms with E-state index in [1.165, 1.54) is 372 Å². The van der Waals surface area contributed by atoms with E-state index in [1.54, 1.807) is 0 Å². The highest BCUT2D eigenvalue weighted by Crippen LogP contribution is 2.20. The van der Waals surface area contributed by atoms with E-state index in [2.05, 4.69) is 43.5 Å². The molecule has 6 nitrogen and oxygen atoms in total. The van der Waals surface area contributed by atoms with E-state index in [0.29, 0.717) is 25.9 Å². The Bertz CT molecular complexity index is 1330. The third-order valence-corrected chi connectivity index (χ3v) is 18.5. The maximum atomic E-state index is 12.5. The topological polar surface area (TPSA) is 95.9 Å². The van der Waals surface area contributed by atoms with E-state index in [1.807, 2.05) is 0 Å². The largest absolute Gasteiger partial charge is 0.466 e. The summed E-state index contributed by atoms with van der Waals surface area (Å²) in [4.78, 5) is 24.6. The van der Waals surface area contributed by atoms with Crippen molar-refractivity contribution in [2.75, 3.05) is 13.2 Å². The van der Waals surface area contributed by atoms with Gasteiger partial charge in [0.2, 0.25) is 5.91 Å². The second-order valence-corrected chi connectivity index (χ2v) is 27.0. The number of rotatable bonds is 74. The molecule has 0 bridgehead atoms. The molecular formula is C79H153NO5. The molecule has 85 heavy (non-hydrogen) atoms. The van der Waals surface area contributed by atoms with Crippen LogP contribution in [-0.4, -0.2) is 47.4 Å². The maximum Gasteiger partial charge on any atom is 0.305 e. The van der Waals surface area contributed by atoms with Gasteiger partial charge in [-0.05, 0) is 77.0 Å². The molecule has 1 amide bonds. The van der Waals surface area contributed by atoms with Crippen LogP contribution in [0.25, 0.3) is 0 Å². The Hall–Kier alpha value is -1.66. The van der Waals surface area contributed by atoms with E-state index < -0.39 is 12.1 Å². The number of hydrogen-bond donors (Lipinski definition) is 3. The van der Waals surface area contributed by atoms with Crippen molar-refractivity contribution in [1.29, 1.82) is 0 Å². The minimum absolute atomic E-state index is 0.0194. The van der Waals surface area contributed by atoms with Gasteiger partial charge in [0.25, 0.3) is 0 Å². The van der Waals surface area contributed by atoms with Crippen molar-refractivity contribution < 1.29 is 24.5 Å². The molecule has 0 aromatic rings. The molecule has 0 aliphatic heterocycles. The summed E-state index contributed by atoms with van der Waals surface area (Å²) in [6, 6.07) is -0.537. The first-order valence-corrected chi connectivity index (χ1v) is 39.1. The quantitative estimate of drug-likeness (QED) is 0.0320. The molecule has 0 heterocycles. The summed E-state index contributed by atoms with van der Waals surface area (Å²) < 4.78 is 5.51. The smallest absolute Gasteiger partial charge is 0.305 e. The third-order valence-electron chi connectivity index (χ3n) is 18.5. The van der Waals surface area contributed by atoms with Crippen molar-refractivity contribution in [3.8, 4) is 0 Å². The highest BCUT2D eigenvalue weighted by molar-refractivity contribution is 5.76. The van der Waals surface area contributed by atoms with Crippen LogP contribution in [0.5, 0.6) is 0 Å². The zero-order valence-electron chi connectivity index (χ0n) is 57.9. The van der Waals surface area contributed by atoms with E-state index >= 15 is 0 Å². The van der Waals surface area contributed by atoms with Crippen LogP contribution < -0.4 is 5.32 Å². The molecule has 0 saturated carbocycles. The van der Waals surface area contributed by atoms with E-state index in [9.17, 15) is 19.8 Å². The number of unbranched alkanes of at least 4 members (excludes halogenated alkanes) is 59. The van der Waals surface area contributed by atoms with Crippen LogP contribution in [0.4, 0.5) is 0 Å². The SMILES string of the molecule is CCCCCCCCC/C=C\CCCCCCCCCC(=O)OCCCCCCCCCCCCCCCCCC/C=C\CCCCCCCCCCCCCCCCCCCC(=O)NC(CO)C(O)CCCCCCCCCCCCCCC. The van der Waals surface area contributed by atoms with Gasteiger partial charge in [0.05, 0.1) is 25.4 Å². The summed E-state index contributed by atoms with van der Waals surface area (Å²) in [5, 5.41) is 23.3. The lowest BCUT2D eigenvalue weighted by molar-refractivity contribution is -0.143. The summed E-state index contributed by atoms with van der Waals surface area (Å²) in [5.74, 6) is -0.00903. The molecule has 2 unspecified atom stereocenters. The Morgan fingerprint density at radius 2 is 0.553 bits per heavy atom. The van der Waals surface area contributed by atoms with Gasteiger partial charge in [-0.3, -0.25) is 9.59 Å². The molecule has 2 atom stereocenters. The maximum absolute atomic E-state index is 12.5. The Kier molecular flexibility index (Phi) is 73.3. The summed E-state index contributed by atoms with van der Waals surface area (Å²) in [7, 11) is 0. The predicted octanol–water partition coefficient (Wildman–Crippen LogP) is 25.7. The molecule has 0 rings (SSSR count). The van der Waals surface area contributed by atoms with Gasteiger partial charge in [0.15, 0.2) is 0 Å². The zero-order chi connectivity index (χ0) is 61.3. The Morgan fingerprint density at radius 1 is 0.318 bits per heavy atom. The number of esters is 1. The fraction of sp³-hybridized carbons (Fsp3) is 0.924. The molecule has 0 aromatic carbocycles. The lowest BCUT2D eigenvalue weighted by Crippen LogP contribution is -2.45. The van der Waals surface area contributed by atoms with Crippen LogP contribution in [0.15, 0.2) is 24.3 Å². The van der Waals surface area contributed by atoms with Crippen molar-refractivity contribution in [2.24, 2.45) is 0 Å². The van der Waals surface area contributed by atoms with Crippen LogP contribution in [0.3, 0.4) is 0 Å². The number of aliphatic hydroxyl groups excluding tert-OH is 2. The highest BCUT2D eigenvalue weighted by Gasteiger charge is 2.20. The Balaban J connectivity index is 3.31. The summed E-state index contributed by atoms with van der Waals surface area (Å²) in [6.07, 6.45) is 95.6. The van der Waals surface area contributed by atoms with Gasteiger partial charge in [0.1, 0.15) is 0 Å². The third kappa shape index (κ3) is 71.3. The molecule has 3 N–H and O–H groups in total. The van der Waals surface area contributed by atoms with Crippen LogP contribution in [0.2, 0.25) is 0 Å². The van der Waals surface area contributed by atoms with Crippen molar-refractivity contribution in [2.45, 2.75) is 456 Å². The molecule has 0 radical (unpaired) electrons. The zero-order valence-corrected chi connectivity index (χ0v) is 57.9. The average molecular weight is 1200 g/mol. The molecule has 0 fully saturated rings. The average Bonchev–Trinajstić information content (AvgIpc) is 3.50. The van der Waals surface area contributed by atoms with E-state index in [0.717, 1.165) is 38.5 Å². The van der Waals surface area contributed by atoms with Crippen molar-refractivity contribution >= 4 is 11.9 Å². The minimum atomic E-state index is -0.660. The molecule has 0 aromatic heterocycles. The fourth-order valence-electron chi connectivity index (χ4n) is 12.5. The summed E-state index contributed by atoms with van der Waals surface area (Å²) >= 11 is 0. The van der Waals surface area contributed by atoms with Gasteiger partial charge in [-0.1, -0.05) is 378 Å². The molecule has 0 aliphatic carbocycles. The van der Waals surface area contributed by atoms with Crippen molar-refractivity contribution in [1.82, 2.24) is 5.32 Å². The first-order valence-electron chi connectivity index (χ1n) is 39.1. The van der Waals surface area contributed by atoms with Crippen molar-refractivity contribution in [3.63, 3.8) is 0 Å². The fourth-order valence-corrected chi connectivity index (χ4v) is 12.5. The van der Waals surface area contributed by atoms with Gasteiger partial charge < -0.3 is 20.3 Å². The Morgan fingerprint density at radius 3 is 0.835 bits per heavy atom. The van der Waals surface area contributed by atoms with Gasteiger partial charge in [0, 0.05) is 12.8 Å². The van der Waals surface area contributed by atoms with Crippen LogP contribution in [-0.2, 0) is 14.3 Å². The minimum Gasteiger partial charge on any atom is -0.466 e. The standard InChI is InChI=1S/C79H153NO5/c1-3-5-7-9-11-13-15-17-18-19-42-45-49-53-57-61-65-69-73-79(84)85-74-70-66-62-58-54-50-46-43-40-38-36-34-32-30-28-26-24-22-20-21-23-25-27-29-31-33-35-37-39-41-44-48-52-56-60-64-68-72-78(83)80-76(75-81)77(82)71-67-63-59-55-51-47-16-14-12-10-8-6-4-2/h18-20,22,76-77,81-82H,3-17,21,23-75H2,1-2H3,(H,80,83)/b19-18-,22-20-. The molecule has 6 heteroatoms. The van der Waals surface area contributed by atoms with Crippen molar-refractivity contribution in [3.05, 3.63) is 24.3 Å². The number of ether oxygens (including phenoxy) is 1. The van der Waals surface area contributed by atoms with Gasteiger partial charge in [-0.25, -0.2) is 0 Å². The number of nitrogens with one attached hydrogen (secondary N) is 1. The van der Waals surface area contributed by atoms with E-state index in [4.69, 9.17) is 4.74 Å². The van der Waals surface area contributed by atoms with Crippen LogP contribution in [0.1, 0.15) is 444 Å². The first kappa shape index (κ1) is 83.3. The molecule has 0 spiro atoms. The lowest BCUT2D eigenvalue weighted by Gasteiger charge is -2.22. The lowest BCUT2D eigenvalue weighted by atomic mass is 10.0. The first-order chi connectivity index (χ1) is 42.0. The van der Waals surface area contributed by atoms with Gasteiger partial charge >= 0.3 is 5.97 Å². The van der Waals surface area contributed by atoms with Gasteiger partial charge in [-0.15, -0.1) is 0 Å². The number of hydrogen-bond acceptors (Lipinski definition) is 5. The Labute approximate surface area is 532 Å². The van der Waals surface area contributed by atoms with E-state index in [-0.39, 0.29) is 18.5 Å². The monoisotopic (exact) mass is 1200 g/mol. The number of carbonyl (C=O) groups excluding carboxylic acids is 2. The number of amides is 1. The number of allylic oxidation sites excluding steroid dienone is 4. The second-order valence-electron chi connectivity index (χ2n) is 27.0. The molecular weight excluding hydrogens is 1040 g/mol. The molecule has 0 aliphatic rings. The second kappa shape index (κ2) is 74.8. The summed E-state index contributed by atoms with van der Waals surface area (Å²) in [6.45, 7) is 4.99. The normalized spacial score (nSPS) is 12.6. The number of carbonyl (C=O) groups is 2. The number of aliphatic hydroxyl groups is 2. The predicted molar refractivity (Wildman–Crippen MR) is 375 cm³/mol. The van der Waals surface area contributed by atoms with Gasteiger partial charge in [-0.2, -0.15) is 0 Å². The van der Waals surface area contributed by atoms with Crippen LogP contribution in [0, 0.1) is 0 Å². The molecule has 0 saturated heterocycles. The summed E-state index contributed by atoms with van der Waals surface area (Å²) in [5.41, 5.74) is 0.